The van der Waals surface area contributed by atoms with Crippen molar-refractivity contribution < 1.29 is 14.3 Å². The van der Waals surface area contributed by atoms with Gasteiger partial charge in [0.2, 0.25) is 5.91 Å². The SMILES string of the molecule is COC(=O)c1ccsc1NC(=O)CSc1nnc(-c2ccc(Cl)cc2Cl)n1C. The molecule has 28 heavy (non-hydrogen) atoms. The first-order valence-electron chi connectivity index (χ1n) is 7.84. The van der Waals surface area contributed by atoms with Crippen molar-refractivity contribution >= 4 is 63.2 Å². The molecular weight excluding hydrogens is 443 g/mol. The lowest BCUT2D eigenvalue weighted by Crippen LogP contribution is -2.16. The van der Waals surface area contributed by atoms with Crippen molar-refractivity contribution in [1.82, 2.24) is 14.8 Å². The molecule has 0 unspecified atom stereocenters. The number of thioether (sulfide) groups is 1. The molecule has 0 aliphatic heterocycles. The third-order valence-electron chi connectivity index (χ3n) is 3.66. The summed E-state index contributed by atoms with van der Waals surface area (Å²) in [4.78, 5) is 23.9. The number of aromatic nitrogens is 3. The van der Waals surface area contributed by atoms with E-state index in [9.17, 15) is 9.59 Å². The number of hydrogen-bond donors (Lipinski definition) is 1. The van der Waals surface area contributed by atoms with Crippen LogP contribution in [0.1, 0.15) is 10.4 Å². The number of methoxy groups -OCH3 is 1. The average molecular weight is 457 g/mol. The van der Waals surface area contributed by atoms with Crippen LogP contribution < -0.4 is 5.32 Å². The summed E-state index contributed by atoms with van der Waals surface area (Å²) >= 11 is 14.6. The summed E-state index contributed by atoms with van der Waals surface area (Å²) in [5, 5.41) is 14.7. The van der Waals surface area contributed by atoms with Crippen LogP contribution in [0.25, 0.3) is 11.4 Å². The van der Waals surface area contributed by atoms with Crippen LogP contribution in [-0.2, 0) is 16.6 Å². The predicted octanol–water partition coefficient (Wildman–Crippen LogP) is 4.37. The van der Waals surface area contributed by atoms with Crippen LogP contribution in [-0.4, -0.2) is 39.5 Å². The van der Waals surface area contributed by atoms with Crippen molar-refractivity contribution in [3.8, 4) is 11.4 Å². The van der Waals surface area contributed by atoms with E-state index in [0.717, 1.165) is 0 Å². The third-order valence-corrected chi connectivity index (χ3v) is 6.06. The number of carbonyl (C=O) groups excluding carboxylic acids is 2. The Kier molecular flexibility index (Phi) is 6.61. The summed E-state index contributed by atoms with van der Waals surface area (Å²) in [5.74, 6) is -0.108. The van der Waals surface area contributed by atoms with Gasteiger partial charge in [0.05, 0.1) is 23.4 Å². The lowest BCUT2D eigenvalue weighted by atomic mass is 10.2. The number of anilines is 1. The fourth-order valence-electron chi connectivity index (χ4n) is 2.32. The average Bonchev–Trinajstić information content (AvgIpc) is 3.26. The van der Waals surface area contributed by atoms with Crippen molar-refractivity contribution in [2.45, 2.75) is 5.16 Å². The minimum atomic E-state index is -0.498. The minimum absolute atomic E-state index is 0.0961. The Balaban J connectivity index is 1.67. The van der Waals surface area contributed by atoms with Gasteiger partial charge in [0.1, 0.15) is 5.00 Å². The molecule has 0 bridgehead atoms. The van der Waals surface area contributed by atoms with Crippen molar-refractivity contribution in [1.29, 1.82) is 0 Å². The van der Waals surface area contributed by atoms with Gasteiger partial charge in [-0.3, -0.25) is 4.79 Å². The van der Waals surface area contributed by atoms with Crippen LogP contribution in [0.4, 0.5) is 5.00 Å². The van der Waals surface area contributed by atoms with Gasteiger partial charge in [0.15, 0.2) is 11.0 Å². The number of amides is 1. The first-order valence-corrected chi connectivity index (χ1v) is 10.5. The summed E-state index contributed by atoms with van der Waals surface area (Å²) in [7, 11) is 3.08. The quantitative estimate of drug-likeness (QED) is 0.437. The standard InChI is InChI=1S/C17H14Cl2N4O3S2/c1-23-14(10-4-3-9(18)7-12(10)19)21-22-17(23)28-8-13(24)20-15-11(5-6-27-15)16(25)26-2/h3-7H,8H2,1-2H3,(H,20,24). The molecule has 7 nitrogen and oxygen atoms in total. The zero-order chi connectivity index (χ0) is 20.3. The number of carbonyl (C=O) groups is 2. The van der Waals surface area contributed by atoms with E-state index >= 15 is 0 Å². The Labute approximate surface area is 179 Å². The summed E-state index contributed by atoms with van der Waals surface area (Å²) in [6, 6.07) is 6.72. The second kappa shape index (κ2) is 8.95. The Morgan fingerprint density at radius 1 is 1.29 bits per heavy atom. The molecule has 0 saturated carbocycles. The van der Waals surface area contributed by atoms with Crippen LogP contribution in [0.2, 0.25) is 10.0 Å². The third kappa shape index (κ3) is 4.49. The molecule has 1 amide bonds. The van der Waals surface area contributed by atoms with Gasteiger partial charge in [0.25, 0.3) is 0 Å². The zero-order valence-corrected chi connectivity index (χ0v) is 17.9. The van der Waals surface area contributed by atoms with Gasteiger partial charge in [-0.15, -0.1) is 21.5 Å². The van der Waals surface area contributed by atoms with E-state index in [0.29, 0.717) is 37.2 Å². The van der Waals surface area contributed by atoms with Crippen LogP contribution >= 0.6 is 46.3 Å². The number of rotatable bonds is 6. The second-order valence-corrected chi connectivity index (χ2v) is 8.18. The van der Waals surface area contributed by atoms with Gasteiger partial charge >= 0.3 is 5.97 Å². The van der Waals surface area contributed by atoms with E-state index in [4.69, 9.17) is 27.9 Å². The Bertz CT molecular complexity index is 1040. The zero-order valence-electron chi connectivity index (χ0n) is 14.7. The molecule has 0 radical (unpaired) electrons. The summed E-state index contributed by atoms with van der Waals surface area (Å²) in [6.45, 7) is 0. The topological polar surface area (TPSA) is 86.1 Å². The fourth-order valence-corrected chi connectivity index (χ4v) is 4.31. The lowest BCUT2D eigenvalue weighted by molar-refractivity contribution is -0.113. The Hall–Kier alpha value is -2.07. The smallest absolute Gasteiger partial charge is 0.340 e. The number of thiophene rings is 1. The summed E-state index contributed by atoms with van der Waals surface area (Å²) < 4.78 is 6.44. The van der Waals surface area contributed by atoms with Crippen LogP contribution in [0.3, 0.4) is 0 Å². The molecule has 1 N–H and O–H groups in total. The first-order chi connectivity index (χ1) is 13.4. The van der Waals surface area contributed by atoms with Crippen LogP contribution in [0, 0.1) is 0 Å². The summed E-state index contributed by atoms with van der Waals surface area (Å²) in [5.41, 5.74) is 1.02. The summed E-state index contributed by atoms with van der Waals surface area (Å²) in [6.07, 6.45) is 0. The molecule has 3 aromatic rings. The number of hydrogen-bond acceptors (Lipinski definition) is 7. The molecule has 2 heterocycles. The van der Waals surface area contributed by atoms with Crippen molar-refractivity contribution in [3.05, 3.63) is 45.3 Å². The van der Waals surface area contributed by atoms with Crippen molar-refractivity contribution in [3.63, 3.8) is 0 Å². The Morgan fingerprint density at radius 2 is 2.07 bits per heavy atom. The van der Waals surface area contributed by atoms with Crippen molar-refractivity contribution in [2.24, 2.45) is 7.05 Å². The van der Waals surface area contributed by atoms with Gasteiger partial charge < -0.3 is 14.6 Å². The molecule has 2 aromatic heterocycles. The number of esters is 1. The van der Waals surface area contributed by atoms with Gasteiger partial charge in [-0.05, 0) is 29.6 Å². The second-order valence-electron chi connectivity index (χ2n) is 5.48. The number of nitrogens with zero attached hydrogens (tertiary/aromatic N) is 3. The maximum absolute atomic E-state index is 12.3. The Morgan fingerprint density at radius 3 is 2.79 bits per heavy atom. The van der Waals surface area contributed by atoms with Crippen LogP contribution in [0.15, 0.2) is 34.8 Å². The van der Waals surface area contributed by atoms with E-state index < -0.39 is 5.97 Å². The molecule has 0 aliphatic carbocycles. The molecule has 3 rings (SSSR count). The lowest BCUT2D eigenvalue weighted by Gasteiger charge is -2.07. The largest absolute Gasteiger partial charge is 0.465 e. The molecule has 0 spiro atoms. The van der Waals surface area contributed by atoms with Crippen LogP contribution in [0.5, 0.6) is 0 Å². The maximum Gasteiger partial charge on any atom is 0.340 e. The molecule has 146 valence electrons. The molecule has 1 aromatic carbocycles. The molecule has 0 aliphatic rings. The highest BCUT2D eigenvalue weighted by Gasteiger charge is 2.18. The molecular formula is C17H14Cl2N4O3S2. The monoisotopic (exact) mass is 456 g/mol. The minimum Gasteiger partial charge on any atom is -0.465 e. The van der Waals surface area contributed by atoms with Gasteiger partial charge in [-0.25, -0.2) is 4.79 Å². The van der Waals surface area contributed by atoms with Crippen molar-refractivity contribution in [2.75, 3.05) is 18.2 Å². The number of nitrogens with one attached hydrogen (secondary N) is 1. The molecule has 0 saturated heterocycles. The normalized spacial score (nSPS) is 10.7. The van der Waals surface area contributed by atoms with Gasteiger partial charge in [-0.2, -0.15) is 0 Å². The molecule has 0 fully saturated rings. The van der Waals surface area contributed by atoms with E-state index in [1.165, 1.54) is 30.2 Å². The predicted molar refractivity (Wildman–Crippen MR) is 111 cm³/mol. The number of ether oxygens (including phenoxy) is 1. The van der Waals surface area contributed by atoms with E-state index in [2.05, 4.69) is 15.5 Å². The fraction of sp³-hybridized carbons (Fsp3) is 0.176. The first kappa shape index (κ1) is 20.7. The highest BCUT2D eigenvalue weighted by Crippen LogP contribution is 2.31. The van der Waals surface area contributed by atoms with E-state index in [-0.39, 0.29) is 11.7 Å². The van der Waals surface area contributed by atoms with Gasteiger partial charge in [0, 0.05) is 17.6 Å². The van der Waals surface area contributed by atoms with E-state index in [1.54, 1.807) is 41.3 Å². The highest BCUT2D eigenvalue weighted by molar-refractivity contribution is 7.99. The highest BCUT2D eigenvalue weighted by atomic mass is 35.5. The van der Waals surface area contributed by atoms with E-state index in [1.807, 2.05) is 0 Å². The molecule has 0 atom stereocenters. The number of halogens is 2. The molecule has 11 heteroatoms. The maximum atomic E-state index is 12.3. The van der Waals surface area contributed by atoms with Gasteiger partial charge in [-0.1, -0.05) is 35.0 Å². The number of benzene rings is 1.